The molecule has 174 valence electrons. The number of hydrogen-bond donors (Lipinski definition) is 1. The van der Waals surface area contributed by atoms with Crippen molar-refractivity contribution in [1.82, 2.24) is 5.32 Å². The molecule has 1 N–H and O–H groups in total. The van der Waals surface area contributed by atoms with Crippen molar-refractivity contribution in [3.05, 3.63) is 94.5 Å². The molecule has 0 saturated carbocycles. The quantitative estimate of drug-likeness (QED) is 0.470. The maximum atomic E-state index is 14.5. The van der Waals surface area contributed by atoms with Gasteiger partial charge in [0.2, 0.25) is 0 Å². The van der Waals surface area contributed by atoms with Gasteiger partial charge in [-0.2, -0.15) is 0 Å². The molecule has 3 aromatic rings. The van der Waals surface area contributed by atoms with E-state index in [1.165, 1.54) is 0 Å². The molecule has 7 heteroatoms. The summed E-state index contributed by atoms with van der Waals surface area (Å²) in [7, 11) is 0. The number of fused-ring (bicyclic) bond motifs is 2. The number of benzene rings is 3. The normalized spacial score (nSPS) is 19.0. The smallest absolute Gasteiger partial charge is 0.251 e. The summed E-state index contributed by atoms with van der Waals surface area (Å²) >= 11 is 0. The molecule has 2 atom stereocenters. The van der Waals surface area contributed by atoms with Crippen molar-refractivity contribution >= 4 is 5.91 Å². The van der Waals surface area contributed by atoms with E-state index in [-0.39, 0.29) is 34.7 Å². The number of carbonyl (C=O) groups is 1. The van der Waals surface area contributed by atoms with Crippen LogP contribution in [-0.2, 0) is 4.79 Å². The second-order valence-electron chi connectivity index (χ2n) is 8.47. The van der Waals surface area contributed by atoms with Crippen molar-refractivity contribution in [3.8, 4) is 22.6 Å². The number of allylic oxidation sites excluding steroid dienone is 1. The zero-order valence-corrected chi connectivity index (χ0v) is 18.6. The van der Waals surface area contributed by atoms with Gasteiger partial charge in [-0.3, -0.25) is 4.79 Å². The van der Waals surface area contributed by atoms with E-state index in [0.29, 0.717) is 36.0 Å². The first-order chi connectivity index (χ1) is 16.3. The topological polar surface area (TPSA) is 47.6 Å². The molecule has 0 radical (unpaired) electrons. The molecule has 2 heterocycles. The molecular weight excluding hydrogens is 443 g/mol. The zero-order chi connectivity index (χ0) is 24.0. The van der Waals surface area contributed by atoms with E-state index < -0.39 is 17.5 Å². The molecule has 4 nitrogen and oxygen atoms in total. The Morgan fingerprint density at radius 1 is 1.00 bits per heavy atom. The fourth-order valence-electron chi connectivity index (χ4n) is 4.73. The number of amides is 1. The van der Waals surface area contributed by atoms with Gasteiger partial charge in [0, 0.05) is 40.7 Å². The molecule has 0 spiro atoms. The first-order valence-electron chi connectivity index (χ1n) is 11.0. The minimum absolute atomic E-state index is 0.206. The number of para-hydroxylation sites is 2. The van der Waals surface area contributed by atoms with Gasteiger partial charge < -0.3 is 14.8 Å². The van der Waals surface area contributed by atoms with Crippen LogP contribution in [0.2, 0.25) is 0 Å². The molecule has 0 aromatic heterocycles. The summed E-state index contributed by atoms with van der Waals surface area (Å²) in [6.07, 6.45) is 0.634. The van der Waals surface area contributed by atoms with Crippen molar-refractivity contribution in [1.29, 1.82) is 0 Å². The van der Waals surface area contributed by atoms with E-state index in [2.05, 4.69) is 5.32 Å². The predicted molar refractivity (Wildman–Crippen MR) is 121 cm³/mol. The lowest BCUT2D eigenvalue weighted by Crippen LogP contribution is -2.35. The fourth-order valence-corrected chi connectivity index (χ4v) is 4.73. The van der Waals surface area contributed by atoms with E-state index in [4.69, 9.17) is 9.47 Å². The van der Waals surface area contributed by atoms with Gasteiger partial charge in [-0.15, -0.1) is 0 Å². The molecule has 0 fully saturated rings. The summed E-state index contributed by atoms with van der Waals surface area (Å²) in [5.74, 6) is -2.61. The van der Waals surface area contributed by atoms with Gasteiger partial charge in [0.25, 0.3) is 5.91 Å². The molecule has 0 saturated heterocycles. The Morgan fingerprint density at radius 2 is 1.76 bits per heavy atom. The fraction of sp³-hybridized carbons (Fsp3) is 0.222. The maximum Gasteiger partial charge on any atom is 0.251 e. The van der Waals surface area contributed by atoms with E-state index in [1.807, 2.05) is 31.2 Å². The molecular formula is C27H22F3NO3. The van der Waals surface area contributed by atoms with E-state index >= 15 is 0 Å². The van der Waals surface area contributed by atoms with Crippen LogP contribution in [-0.4, -0.2) is 12.5 Å². The highest BCUT2D eigenvalue weighted by atomic mass is 19.2. The van der Waals surface area contributed by atoms with Crippen LogP contribution in [0.25, 0.3) is 11.1 Å². The van der Waals surface area contributed by atoms with Gasteiger partial charge in [-0.05, 0) is 19.1 Å². The van der Waals surface area contributed by atoms with Gasteiger partial charge in [0.15, 0.2) is 11.6 Å². The first-order valence-corrected chi connectivity index (χ1v) is 11.0. The highest BCUT2D eigenvalue weighted by molar-refractivity contribution is 5.96. The number of ether oxygens (including phenoxy) is 2. The molecule has 0 bridgehead atoms. The summed E-state index contributed by atoms with van der Waals surface area (Å²) in [4.78, 5) is 13.4. The van der Waals surface area contributed by atoms with Gasteiger partial charge in [0.05, 0.1) is 18.2 Å². The summed E-state index contributed by atoms with van der Waals surface area (Å²) in [5.41, 5.74) is 1.97. The summed E-state index contributed by atoms with van der Waals surface area (Å²) in [6, 6.07) is 13.8. The predicted octanol–water partition coefficient (Wildman–Crippen LogP) is 6.18. The summed E-state index contributed by atoms with van der Waals surface area (Å²) in [5, 5.41) is 3.09. The van der Waals surface area contributed by atoms with Crippen LogP contribution in [0.5, 0.6) is 11.5 Å². The number of carbonyl (C=O) groups excluding carboxylic acids is 1. The Balaban J connectivity index is 1.49. The SMILES string of the molecule is CC1=C(C(=O)NC2CCOc3ccccc32)C(C)c2cccc(-c3cc(F)cc(F)c3F)c2O1. The molecule has 3 aromatic carbocycles. The Bertz CT molecular complexity index is 1330. The maximum absolute atomic E-state index is 14.5. The molecule has 1 amide bonds. The van der Waals surface area contributed by atoms with Gasteiger partial charge in [-0.25, -0.2) is 13.2 Å². The van der Waals surface area contributed by atoms with Crippen LogP contribution in [0.3, 0.4) is 0 Å². The van der Waals surface area contributed by atoms with Crippen LogP contribution < -0.4 is 14.8 Å². The monoisotopic (exact) mass is 465 g/mol. The summed E-state index contributed by atoms with van der Waals surface area (Å²) < 4.78 is 53.9. The largest absolute Gasteiger partial charge is 0.493 e. The van der Waals surface area contributed by atoms with Crippen molar-refractivity contribution < 1.29 is 27.4 Å². The van der Waals surface area contributed by atoms with Crippen LogP contribution in [0, 0.1) is 17.5 Å². The number of hydrogen-bond acceptors (Lipinski definition) is 3. The second kappa shape index (κ2) is 8.56. The van der Waals surface area contributed by atoms with E-state index in [0.717, 1.165) is 17.4 Å². The molecule has 5 rings (SSSR count). The molecule has 2 aliphatic heterocycles. The average Bonchev–Trinajstić information content (AvgIpc) is 2.81. The van der Waals surface area contributed by atoms with Crippen molar-refractivity contribution in [2.45, 2.75) is 32.2 Å². The lowest BCUT2D eigenvalue weighted by Gasteiger charge is -2.31. The highest BCUT2D eigenvalue weighted by Gasteiger charge is 2.33. The highest BCUT2D eigenvalue weighted by Crippen LogP contribution is 2.45. The third-order valence-corrected chi connectivity index (χ3v) is 6.37. The zero-order valence-electron chi connectivity index (χ0n) is 18.6. The molecule has 2 unspecified atom stereocenters. The Labute approximate surface area is 195 Å². The van der Waals surface area contributed by atoms with Crippen molar-refractivity contribution in [2.75, 3.05) is 6.61 Å². The Hall–Kier alpha value is -3.74. The lowest BCUT2D eigenvalue weighted by atomic mass is 9.86. The van der Waals surface area contributed by atoms with Crippen LogP contribution in [0.4, 0.5) is 13.2 Å². The Morgan fingerprint density at radius 3 is 2.59 bits per heavy atom. The lowest BCUT2D eigenvalue weighted by molar-refractivity contribution is -0.118. The van der Waals surface area contributed by atoms with Gasteiger partial charge in [-0.1, -0.05) is 43.3 Å². The minimum atomic E-state index is -1.28. The number of halogens is 3. The second-order valence-corrected chi connectivity index (χ2v) is 8.47. The third kappa shape index (κ3) is 3.71. The van der Waals surface area contributed by atoms with Crippen molar-refractivity contribution in [3.63, 3.8) is 0 Å². The van der Waals surface area contributed by atoms with Crippen molar-refractivity contribution in [2.24, 2.45) is 0 Å². The number of rotatable bonds is 3. The summed E-state index contributed by atoms with van der Waals surface area (Å²) in [6.45, 7) is 4.00. The average molecular weight is 465 g/mol. The minimum Gasteiger partial charge on any atom is -0.493 e. The standard InChI is InChI=1S/C27H22F3NO3/c1-14-17-7-5-8-18(20-12-16(28)13-21(29)25(20)30)26(17)34-15(2)24(14)27(32)31-22-10-11-33-23-9-4-3-6-19(22)23/h3-9,12-14,22H,10-11H2,1-2H3,(H,31,32). The van der Waals surface area contributed by atoms with Gasteiger partial charge in [0.1, 0.15) is 23.1 Å². The van der Waals surface area contributed by atoms with Crippen LogP contribution in [0.15, 0.2) is 65.9 Å². The molecule has 2 aliphatic rings. The third-order valence-electron chi connectivity index (χ3n) is 6.37. The number of nitrogens with one attached hydrogen (secondary N) is 1. The van der Waals surface area contributed by atoms with Crippen LogP contribution in [0.1, 0.15) is 43.4 Å². The van der Waals surface area contributed by atoms with E-state index in [1.54, 1.807) is 25.1 Å². The molecule has 0 aliphatic carbocycles. The van der Waals surface area contributed by atoms with E-state index in [9.17, 15) is 18.0 Å². The van der Waals surface area contributed by atoms with Gasteiger partial charge >= 0.3 is 0 Å². The first kappa shape index (κ1) is 22.1. The molecule has 34 heavy (non-hydrogen) atoms. The Kier molecular flexibility index (Phi) is 5.55. The van der Waals surface area contributed by atoms with Crippen LogP contribution >= 0.6 is 0 Å².